The van der Waals surface area contributed by atoms with E-state index < -0.39 is 0 Å². The summed E-state index contributed by atoms with van der Waals surface area (Å²) >= 11 is 0. The molecule has 6 nitrogen and oxygen atoms in total. The summed E-state index contributed by atoms with van der Waals surface area (Å²) in [6.07, 6.45) is 4.83. The molecule has 6 heteroatoms. The zero-order chi connectivity index (χ0) is 16.4. The Morgan fingerprint density at radius 3 is 2.83 bits per heavy atom. The first-order valence-electron chi connectivity index (χ1n) is 7.64. The van der Waals surface area contributed by atoms with Gasteiger partial charge in [0, 0.05) is 25.7 Å². The second-order valence-corrected chi connectivity index (χ2v) is 5.71. The zero-order valence-electron chi connectivity index (χ0n) is 13.3. The molecule has 0 radical (unpaired) electrons. The second-order valence-electron chi connectivity index (χ2n) is 5.71. The highest BCUT2D eigenvalue weighted by Crippen LogP contribution is 2.21. The van der Waals surface area contributed by atoms with Crippen LogP contribution in [-0.4, -0.2) is 23.3 Å². The highest BCUT2D eigenvalue weighted by Gasteiger charge is 2.22. The molecule has 120 valence electrons. The number of furan rings is 1. The summed E-state index contributed by atoms with van der Waals surface area (Å²) < 4.78 is 5.37. The van der Waals surface area contributed by atoms with Crippen LogP contribution in [0.2, 0.25) is 0 Å². The third-order valence-electron chi connectivity index (χ3n) is 3.90. The van der Waals surface area contributed by atoms with Crippen LogP contribution in [0.3, 0.4) is 0 Å². The average Bonchev–Trinajstić information content (AvgIpc) is 3.10. The Balaban J connectivity index is 1.68. The van der Waals surface area contributed by atoms with Crippen LogP contribution in [0.5, 0.6) is 0 Å². The van der Waals surface area contributed by atoms with E-state index in [1.807, 2.05) is 13.0 Å². The molecule has 0 aromatic carbocycles. The Kier molecular flexibility index (Phi) is 4.14. The zero-order valence-corrected chi connectivity index (χ0v) is 13.3. The molecule has 3 rings (SSSR count). The van der Waals surface area contributed by atoms with E-state index in [4.69, 9.17) is 4.42 Å². The monoisotopic (exact) mass is 313 g/mol. The fourth-order valence-corrected chi connectivity index (χ4v) is 2.77. The topological polar surface area (TPSA) is 75.4 Å². The standard InChI is InChI=1S/C17H19N3O3/c1-11-6-15(12(2)23-11)17(22)19-9-13-7-14(10-18-8-13)20-5-3-4-16(20)21/h6-8,10H,3-5,9H2,1-2H3,(H,19,22). The molecule has 1 aliphatic rings. The Labute approximate surface area is 134 Å². The normalized spacial score (nSPS) is 14.3. The second kappa shape index (κ2) is 6.24. The number of rotatable bonds is 4. The molecule has 0 atom stereocenters. The average molecular weight is 313 g/mol. The fraction of sp³-hybridized carbons (Fsp3) is 0.353. The number of anilines is 1. The van der Waals surface area contributed by atoms with Crippen molar-refractivity contribution in [1.29, 1.82) is 0 Å². The molecular formula is C17H19N3O3. The minimum absolute atomic E-state index is 0.123. The summed E-state index contributed by atoms with van der Waals surface area (Å²) in [7, 11) is 0. The summed E-state index contributed by atoms with van der Waals surface area (Å²) in [5.74, 6) is 1.26. The van der Waals surface area contributed by atoms with Crippen molar-refractivity contribution in [3.63, 3.8) is 0 Å². The van der Waals surface area contributed by atoms with Crippen LogP contribution in [0.1, 0.15) is 40.3 Å². The number of nitrogens with one attached hydrogen (secondary N) is 1. The molecule has 0 saturated carbocycles. The minimum atomic E-state index is -0.179. The molecule has 0 aliphatic carbocycles. The molecule has 3 heterocycles. The lowest BCUT2D eigenvalue weighted by Gasteiger charge is -2.16. The van der Waals surface area contributed by atoms with E-state index in [2.05, 4.69) is 10.3 Å². The lowest BCUT2D eigenvalue weighted by Crippen LogP contribution is -2.25. The highest BCUT2D eigenvalue weighted by atomic mass is 16.3. The van der Waals surface area contributed by atoms with Gasteiger partial charge in [0.1, 0.15) is 11.5 Å². The maximum Gasteiger partial charge on any atom is 0.255 e. The molecule has 1 saturated heterocycles. The van der Waals surface area contributed by atoms with Gasteiger partial charge < -0.3 is 14.6 Å². The first-order chi connectivity index (χ1) is 11.0. The third kappa shape index (κ3) is 3.26. The van der Waals surface area contributed by atoms with E-state index in [0.717, 1.165) is 24.2 Å². The van der Waals surface area contributed by atoms with E-state index in [9.17, 15) is 9.59 Å². The van der Waals surface area contributed by atoms with Crippen LogP contribution in [-0.2, 0) is 11.3 Å². The van der Waals surface area contributed by atoms with Crippen LogP contribution >= 0.6 is 0 Å². The van der Waals surface area contributed by atoms with Gasteiger partial charge in [-0.05, 0) is 38.0 Å². The van der Waals surface area contributed by atoms with Gasteiger partial charge in [-0.2, -0.15) is 0 Å². The summed E-state index contributed by atoms with van der Waals surface area (Å²) in [6, 6.07) is 3.62. The van der Waals surface area contributed by atoms with Crippen molar-refractivity contribution in [2.45, 2.75) is 33.2 Å². The molecule has 23 heavy (non-hydrogen) atoms. The molecule has 2 amide bonds. The predicted molar refractivity (Wildman–Crippen MR) is 85.2 cm³/mol. The van der Waals surface area contributed by atoms with Crippen LogP contribution in [0.15, 0.2) is 28.9 Å². The van der Waals surface area contributed by atoms with Crippen molar-refractivity contribution in [1.82, 2.24) is 10.3 Å². The van der Waals surface area contributed by atoms with Crippen molar-refractivity contribution in [2.24, 2.45) is 0 Å². The SMILES string of the molecule is Cc1cc(C(=O)NCc2cncc(N3CCCC3=O)c2)c(C)o1. The van der Waals surface area contributed by atoms with E-state index in [1.165, 1.54) is 0 Å². The van der Waals surface area contributed by atoms with Gasteiger partial charge in [0.2, 0.25) is 5.91 Å². The van der Waals surface area contributed by atoms with Gasteiger partial charge in [-0.1, -0.05) is 0 Å². The number of aryl methyl sites for hydroxylation is 2. The lowest BCUT2D eigenvalue weighted by molar-refractivity contribution is -0.117. The van der Waals surface area contributed by atoms with Crippen molar-refractivity contribution in [2.75, 3.05) is 11.4 Å². The molecule has 1 fully saturated rings. The van der Waals surface area contributed by atoms with Crippen molar-refractivity contribution >= 4 is 17.5 Å². The molecule has 0 unspecified atom stereocenters. The van der Waals surface area contributed by atoms with Gasteiger partial charge in [0.15, 0.2) is 0 Å². The van der Waals surface area contributed by atoms with Crippen LogP contribution in [0.25, 0.3) is 0 Å². The van der Waals surface area contributed by atoms with Crippen molar-refractivity contribution < 1.29 is 14.0 Å². The number of carbonyl (C=O) groups is 2. The summed E-state index contributed by atoms with van der Waals surface area (Å²) in [4.78, 5) is 29.9. The Bertz CT molecular complexity index is 751. The first kappa shape index (κ1) is 15.3. The van der Waals surface area contributed by atoms with Crippen LogP contribution < -0.4 is 10.2 Å². The summed E-state index contributed by atoms with van der Waals surface area (Å²) in [6.45, 7) is 4.66. The molecule has 1 N–H and O–H groups in total. The number of nitrogens with zero attached hydrogens (tertiary/aromatic N) is 2. The number of hydrogen-bond acceptors (Lipinski definition) is 4. The first-order valence-corrected chi connectivity index (χ1v) is 7.64. The molecule has 0 bridgehead atoms. The van der Waals surface area contributed by atoms with Crippen LogP contribution in [0.4, 0.5) is 5.69 Å². The summed E-state index contributed by atoms with van der Waals surface area (Å²) in [5, 5.41) is 2.86. The number of aromatic nitrogens is 1. The largest absolute Gasteiger partial charge is 0.466 e. The van der Waals surface area contributed by atoms with Gasteiger partial charge in [-0.3, -0.25) is 14.6 Å². The molecular weight excluding hydrogens is 294 g/mol. The molecule has 1 aliphatic heterocycles. The molecule has 0 spiro atoms. The molecule has 2 aromatic heterocycles. The molecule has 2 aromatic rings. The summed E-state index contributed by atoms with van der Waals surface area (Å²) in [5.41, 5.74) is 2.18. The number of pyridine rings is 1. The number of carbonyl (C=O) groups excluding carboxylic acids is 2. The van der Waals surface area contributed by atoms with Crippen molar-refractivity contribution in [3.05, 3.63) is 47.2 Å². The smallest absolute Gasteiger partial charge is 0.255 e. The minimum Gasteiger partial charge on any atom is -0.466 e. The van der Waals surface area contributed by atoms with E-state index in [0.29, 0.717) is 30.0 Å². The fourth-order valence-electron chi connectivity index (χ4n) is 2.77. The van der Waals surface area contributed by atoms with Gasteiger partial charge in [0.25, 0.3) is 5.91 Å². The Hall–Kier alpha value is -2.63. The van der Waals surface area contributed by atoms with Gasteiger partial charge >= 0.3 is 0 Å². The number of hydrogen-bond donors (Lipinski definition) is 1. The van der Waals surface area contributed by atoms with E-state index in [-0.39, 0.29) is 11.8 Å². The Morgan fingerprint density at radius 1 is 1.35 bits per heavy atom. The number of amides is 2. The maximum absolute atomic E-state index is 12.2. The van der Waals surface area contributed by atoms with E-state index >= 15 is 0 Å². The van der Waals surface area contributed by atoms with Crippen LogP contribution in [0, 0.1) is 13.8 Å². The van der Waals surface area contributed by atoms with Gasteiger partial charge in [0.05, 0.1) is 17.4 Å². The van der Waals surface area contributed by atoms with Crippen molar-refractivity contribution in [3.8, 4) is 0 Å². The van der Waals surface area contributed by atoms with Gasteiger partial charge in [-0.25, -0.2) is 0 Å². The highest BCUT2D eigenvalue weighted by molar-refractivity contribution is 5.96. The van der Waals surface area contributed by atoms with E-state index in [1.54, 1.807) is 30.3 Å². The predicted octanol–water partition coefficient (Wildman–Crippen LogP) is 2.35. The Morgan fingerprint density at radius 2 is 2.17 bits per heavy atom. The van der Waals surface area contributed by atoms with Gasteiger partial charge in [-0.15, -0.1) is 0 Å². The quantitative estimate of drug-likeness (QED) is 0.940. The maximum atomic E-state index is 12.2. The third-order valence-corrected chi connectivity index (χ3v) is 3.90. The lowest BCUT2D eigenvalue weighted by atomic mass is 10.2.